The van der Waals surface area contributed by atoms with Crippen molar-refractivity contribution in [3.05, 3.63) is 18.0 Å². The minimum Gasteiger partial charge on any atom is -0.376 e. The van der Waals surface area contributed by atoms with Crippen molar-refractivity contribution in [2.75, 3.05) is 19.7 Å². The van der Waals surface area contributed by atoms with Crippen molar-refractivity contribution >= 4 is 5.91 Å². The predicted molar refractivity (Wildman–Crippen MR) is 76.4 cm³/mol. The number of nitrogens with one attached hydrogen (secondary N) is 2. The molecular weight excluding hydrogens is 256 g/mol. The molecule has 2 rings (SSSR count). The molecule has 112 valence electrons. The molecule has 6 nitrogen and oxygen atoms in total. The quantitative estimate of drug-likeness (QED) is 0.761. The van der Waals surface area contributed by atoms with Gasteiger partial charge in [0, 0.05) is 25.9 Å². The summed E-state index contributed by atoms with van der Waals surface area (Å²) in [6, 6.07) is -0.201. The molecule has 0 bridgehead atoms. The van der Waals surface area contributed by atoms with Crippen LogP contribution in [-0.4, -0.2) is 47.5 Å². The number of amides is 1. The minimum absolute atomic E-state index is 0.0251. The lowest BCUT2D eigenvalue weighted by Gasteiger charge is -2.16. The van der Waals surface area contributed by atoms with Gasteiger partial charge in [-0.05, 0) is 32.3 Å². The predicted octanol–water partition coefficient (Wildman–Crippen LogP) is 0.465. The molecule has 2 N–H and O–H groups in total. The van der Waals surface area contributed by atoms with Crippen LogP contribution in [0.4, 0.5) is 0 Å². The lowest BCUT2D eigenvalue weighted by Crippen LogP contribution is -2.45. The highest BCUT2D eigenvalue weighted by Crippen LogP contribution is 2.10. The molecular formula is C14H24N4O2. The van der Waals surface area contributed by atoms with Gasteiger partial charge in [0.15, 0.2) is 0 Å². The maximum Gasteiger partial charge on any atom is 0.236 e. The Balaban J connectivity index is 1.60. The number of aromatic nitrogens is 2. The van der Waals surface area contributed by atoms with Gasteiger partial charge in [0.05, 0.1) is 24.9 Å². The van der Waals surface area contributed by atoms with E-state index < -0.39 is 0 Å². The lowest BCUT2D eigenvalue weighted by atomic mass is 10.2. The highest BCUT2D eigenvalue weighted by atomic mass is 16.5. The summed E-state index contributed by atoms with van der Waals surface area (Å²) in [5.41, 5.74) is 1.15. The highest BCUT2D eigenvalue weighted by molar-refractivity contribution is 5.81. The van der Waals surface area contributed by atoms with Gasteiger partial charge in [-0.1, -0.05) is 0 Å². The summed E-state index contributed by atoms with van der Waals surface area (Å²) >= 11 is 0. The highest BCUT2D eigenvalue weighted by Gasteiger charge is 2.18. The van der Waals surface area contributed by atoms with Crippen molar-refractivity contribution in [2.24, 2.45) is 0 Å². The van der Waals surface area contributed by atoms with Crippen LogP contribution in [0.15, 0.2) is 12.4 Å². The molecule has 2 heterocycles. The number of aryl methyl sites for hydroxylation is 1. The summed E-state index contributed by atoms with van der Waals surface area (Å²) in [5, 5.41) is 10.3. The molecule has 0 saturated carbocycles. The standard InChI is InChI=1S/C14H24N4O2/c1-11-8-17-18(10-11)6-5-15-12(2)14(19)16-9-13-4-3-7-20-13/h8,10,12-13,15H,3-7,9H2,1-2H3,(H,16,19)/t12-,13-/m1/s1. The average Bonchev–Trinajstić information content (AvgIpc) is 3.07. The number of nitrogens with zero attached hydrogens (tertiary/aromatic N) is 2. The summed E-state index contributed by atoms with van der Waals surface area (Å²) in [6.45, 7) is 6.80. The molecule has 1 aliphatic rings. The van der Waals surface area contributed by atoms with Crippen LogP contribution in [0.25, 0.3) is 0 Å². The smallest absolute Gasteiger partial charge is 0.236 e. The van der Waals surface area contributed by atoms with E-state index in [0.29, 0.717) is 6.54 Å². The van der Waals surface area contributed by atoms with E-state index in [-0.39, 0.29) is 18.1 Å². The van der Waals surface area contributed by atoms with Gasteiger partial charge in [0.2, 0.25) is 5.91 Å². The number of rotatable bonds is 7. The Bertz CT molecular complexity index is 427. The average molecular weight is 280 g/mol. The number of carbonyl (C=O) groups is 1. The molecule has 1 aromatic rings. The van der Waals surface area contributed by atoms with Crippen molar-refractivity contribution in [3.8, 4) is 0 Å². The lowest BCUT2D eigenvalue weighted by molar-refractivity contribution is -0.123. The van der Waals surface area contributed by atoms with Gasteiger partial charge in [0.1, 0.15) is 0 Å². The first kappa shape index (κ1) is 15.0. The number of ether oxygens (including phenoxy) is 1. The normalized spacial score (nSPS) is 20.0. The molecule has 0 unspecified atom stereocenters. The van der Waals surface area contributed by atoms with Crippen LogP contribution in [0.1, 0.15) is 25.3 Å². The first-order valence-electron chi connectivity index (χ1n) is 7.27. The molecule has 1 fully saturated rings. The summed E-state index contributed by atoms with van der Waals surface area (Å²) in [6.07, 6.45) is 6.15. The zero-order valence-electron chi connectivity index (χ0n) is 12.3. The molecule has 1 aliphatic heterocycles. The number of hydrogen-bond acceptors (Lipinski definition) is 4. The molecule has 6 heteroatoms. The first-order chi connectivity index (χ1) is 9.65. The Morgan fingerprint density at radius 3 is 3.15 bits per heavy atom. The van der Waals surface area contributed by atoms with Gasteiger partial charge in [-0.25, -0.2) is 0 Å². The topological polar surface area (TPSA) is 68.2 Å². The van der Waals surface area contributed by atoms with E-state index in [2.05, 4.69) is 15.7 Å². The van der Waals surface area contributed by atoms with Crippen molar-refractivity contribution in [1.29, 1.82) is 0 Å². The zero-order chi connectivity index (χ0) is 14.4. The SMILES string of the molecule is Cc1cnn(CCN[C@H](C)C(=O)NC[C@H]2CCCO2)c1. The van der Waals surface area contributed by atoms with Crippen LogP contribution in [0, 0.1) is 6.92 Å². The van der Waals surface area contributed by atoms with E-state index in [1.165, 1.54) is 0 Å². The maximum absolute atomic E-state index is 11.9. The Morgan fingerprint density at radius 1 is 1.65 bits per heavy atom. The number of hydrogen-bond donors (Lipinski definition) is 2. The largest absolute Gasteiger partial charge is 0.376 e. The third-order valence-corrected chi connectivity index (χ3v) is 3.48. The summed E-state index contributed by atoms with van der Waals surface area (Å²) in [5.74, 6) is 0.0251. The maximum atomic E-state index is 11.9. The molecule has 2 atom stereocenters. The molecule has 1 saturated heterocycles. The Kier molecular flexibility index (Phi) is 5.55. The van der Waals surface area contributed by atoms with Crippen LogP contribution in [0.5, 0.6) is 0 Å². The zero-order valence-corrected chi connectivity index (χ0v) is 12.3. The van der Waals surface area contributed by atoms with Gasteiger partial charge < -0.3 is 15.4 Å². The van der Waals surface area contributed by atoms with Crippen LogP contribution in [0.3, 0.4) is 0 Å². The summed E-state index contributed by atoms with van der Waals surface area (Å²) in [4.78, 5) is 11.9. The second kappa shape index (κ2) is 7.40. The van der Waals surface area contributed by atoms with Gasteiger partial charge in [-0.2, -0.15) is 5.10 Å². The molecule has 0 aliphatic carbocycles. The Labute approximate surface area is 119 Å². The van der Waals surface area contributed by atoms with Crippen LogP contribution in [0.2, 0.25) is 0 Å². The molecule has 0 aromatic carbocycles. The summed E-state index contributed by atoms with van der Waals surface area (Å²) < 4.78 is 7.35. The second-order valence-corrected chi connectivity index (χ2v) is 5.34. The van der Waals surface area contributed by atoms with Gasteiger partial charge in [-0.3, -0.25) is 9.48 Å². The second-order valence-electron chi connectivity index (χ2n) is 5.34. The van der Waals surface area contributed by atoms with E-state index in [1.807, 2.05) is 30.9 Å². The third kappa shape index (κ3) is 4.61. The van der Waals surface area contributed by atoms with Crippen LogP contribution in [-0.2, 0) is 16.1 Å². The van der Waals surface area contributed by atoms with E-state index in [1.54, 1.807) is 0 Å². The summed E-state index contributed by atoms with van der Waals surface area (Å²) in [7, 11) is 0. The van der Waals surface area contributed by atoms with Gasteiger partial charge in [0.25, 0.3) is 0 Å². The molecule has 1 aromatic heterocycles. The Hall–Kier alpha value is -1.40. The minimum atomic E-state index is -0.201. The van der Waals surface area contributed by atoms with E-state index in [0.717, 1.165) is 38.1 Å². The van der Waals surface area contributed by atoms with E-state index in [9.17, 15) is 4.79 Å². The van der Waals surface area contributed by atoms with Crippen molar-refractivity contribution < 1.29 is 9.53 Å². The van der Waals surface area contributed by atoms with Gasteiger partial charge >= 0.3 is 0 Å². The van der Waals surface area contributed by atoms with E-state index >= 15 is 0 Å². The molecule has 20 heavy (non-hydrogen) atoms. The third-order valence-electron chi connectivity index (χ3n) is 3.48. The monoisotopic (exact) mass is 280 g/mol. The fourth-order valence-corrected chi connectivity index (χ4v) is 2.25. The van der Waals surface area contributed by atoms with Gasteiger partial charge in [-0.15, -0.1) is 0 Å². The van der Waals surface area contributed by atoms with Crippen molar-refractivity contribution in [2.45, 2.75) is 45.4 Å². The first-order valence-corrected chi connectivity index (χ1v) is 7.27. The molecule has 0 radical (unpaired) electrons. The van der Waals surface area contributed by atoms with Crippen molar-refractivity contribution in [1.82, 2.24) is 20.4 Å². The van der Waals surface area contributed by atoms with Crippen LogP contribution >= 0.6 is 0 Å². The molecule has 0 spiro atoms. The Morgan fingerprint density at radius 2 is 2.50 bits per heavy atom. The fraction of sp³-hybridized carbons (Fsp3) is 0.714. The van der Waals surface area contributed by atoms with Crippen LogP contribution < -0.4 is 10.6 Å². The fourth-order valence-electron chi connectivity index (χ4n) is 2.25. The number of carbonyl (C=O) groups excluding carboxylic acids is 1. The molecule has 1 amide bonds. The van der Waals surface area contributed by atoms with Crippen molar-refractivity contribution in [3.63, 3.8) is 0 Å². The van der Waals surface area contributed by atoms with E-state index in [4.69, 9.17) is 4.74 Å².